The molecule has 68 valence electrons. The number of nitrogens with zero attached hydrogens (tertiary/aromatic N) is 2. The molecule has 0 aliphatic heterocycles. The highest BCUT2D eigenvalue weighted by atomic mass is 15.2. The van der Waals surface area contributed by atoms with Gasteiger partial charge >= 0.3 is 0 Å². The van der Waals surface area contributed by atoms with Crippen molar-refractivity contribution in [3.63, 3.8) is 0 Å². The highest BCUT2D eigenvalue weighted by Gasteiger charge is 2.07. The molecular weight excluding hydrogens is 150 g/mol. The molecule has 0 saturated carbocycles. The van der Waals surface area contributed by atoms with Gasteiger partial charge in [0.05, 0.1) is 5.69 Å². The molecule has 3 nitrogen and oxygen atoms in total. The number of imidazole rings is 1. The summed E-state index contributed by atoms with van der Waals surface area (Å²) in [5.41, 5.74) is 6.72. The number of hydrogen-bond donors (Lipinski definition) is 1. The highest BCUT2D eigenvalue weighted by Crippen LogP contribution is 2.17. The van der Waals surface area contributed by atoms with Crippen LogP contribution in [0.5, 0.6) is 0 Å². The van der Waals surface area contributed by atoms with E-state index < -0.39 is 0 Å². The van der Waals surface area contributed by atoms with Gasteiger partial charge < -0.3 is 10.3 Å². The van der Waals surface area contributed by atoms with Crippen LogP contribution in [0, 0.1) is 6.92 Å². The third-order valence-corrected chi connectivity index (χ3v) is 2.06. The quantitative estimate of drug-likeness (QED) is 0.749. The summed E-state index contributed by atoms with van der Waals surface area (Å²) < 4.78 is 2.04. The van der Waals surface area contributed by atoms with Crippen molar-refractivity contribution in [2.45, 2.75) is 39.7 Å². The number of aromatic nitrogens is 2. The molecule has 2 N–H and O–H groups in total. The van der Waals surface area contributed by atoms with Crippen molar-refractivity contribution >= 4 is 5.95 Å². The molecule has 1 aromatic rings. The maximum Gasteiger partial charge on any atom is 0.200 e. The average molecular weight is 167 g/mol. The van der Waals surface area contributed by atoms with Crippen LogP contribution in [0.15, 0.2) is 6.20 Å². The summed E-state index contributed by atoms with van der Waals surface area (Å²) in [5.74, 6) is 0.633. The fraction of sp³-hybridized carbons (Fsp3) is 0.667. The Bertz CT molecular complexity index is 252. The molecule has 0 radical (unpaired) electrons. The predicted molar refractivity (Wildman–Crippen MR) is 51.0 cm³/mol. The van der Waals surface area contributed by atoms with Crippen LogP contribution in [-0.2, 0) is 0 Å². The summed E-state index contributed by atoms with van der Waals surface area (Å²) in [6.45, 7) is 6.31. The van der Waals surface area contributed by atoms with Gasteiger partial charge in [0.25, 0.3) is 0 Å². The zero-order valence-electron chi connectivity index (χ0n) is 8.04. The number of aryl methyl sites for hydroxylation is 1. The van der Waals surface area contributed by atoms with Gasteiger partial charge in [-0.25, -0.2) is 4.98 Å². The summed E-state index contributed by atoms with van der Waals surface area (Å²) in [5, 5.41) is 0. The van der Waals surface area contributed by atoms with Gasteiger partial charge in [-0.15, -0.1) is 0 Å². The lowest BCUT2D eigenvalue weighted by Gasteiger charge is -2.12. The first-order chi connectivity index (χ1) is 5.65. The molecule has 0 spiro atoms. The van der Waals surface area contributed by atoms with E-state index in [1.807, 2.05) is 17.7 Å². The number of hydrogen-bond acceptors (Lipinski definition) is 2. The zero-order chi connectivity index (χ0) is 9.14. The number of nitrogens with two attached hydrogens (primary N) is 1. The van der Waals surface area contributed by atoms with E-state index in [2.05, 4.69) is 18.8 Å². The molecule has 1 aromatic heterocycles. The largest absolute Gasteiger partial charge is 0.369 e. The highest BCUT2D eigenvalue weighted by molar-refractivity contribution is 5.22. The lowest BCUT2D eigenvalue weighted by molar-refractivity contribution is 0.506. The second-order valence-corrected chi connectivity index (χ2v) is 3.29. The molecule has 0 bridgehead atoms. The zero-order valence-corrected chi connectivity index (χ0v) is 8.04. The van der Waals surface area contributed by atoms with Crippen LogP contribution in [0.2, 0.25) is 0 Å². The summed E-state index contributed by atoms with van der Waals surface area (Å²) >= 11 is 0. The molecule has 0 aromatic carbocycles. The van der Waals surface area contributed by atoms with Gasteiger partial charge in [0.2, 0.25) is 5.95 Å². The average Bonchev–Trinajstić information content (AvgIpc) is 2.30. The van der Waals surface area contributed by atoms with Crippen molar-refractivity contribution < 1.29 is 0 Å². The fourth-order valence-corrected chi connectivity index (χ4v) is 1.44. The van der Waals surface area contributed by atoms with E-state index in [-0.39, 0.29) is 0 Å². The molecule has 1 atom stereocenters. The topological polar surface area (TPSA) is 43.8 Å². The minimum Gasteiger partial charge on any atom is -0.369 e. The molecule has 0 fully saturated rings. The van der Waals surface area contributed by atoms with Crippen molar-refractivity contribution in [1.29, 1.82) is 0 Å². The van der Waals surface area contributed by atoms with Crippen molar-refractivity contribution in [2.24, 2.45) is 0 Å². The molecule has 3 heteroatoms. The molecule has 0 amide bonds. The Morgan fingerprint density at radius 3 is 2.75 bits per heavy atom. The Balaban J connectivity index is 2.79. The van der Waals surface area contributed by atoms with E-state index in [1.165, 1.54) is 6.42 Å². The second-order valence-electron chi connectivity index (χ2n) is 3.29. The SMILES string of the molecule is CCCC(C)n1cc(C)nc1N. The molecule has 12 heavy (non-hydrogen) atoms. The number of anilines is 1. The minimum atomic E-state index is 0.469. The standard InChI is InChI=1S/C9H17N3/c1-4-5-8(3)12-6-7(2)11-9(12)10/h6,8H,4-5H2,1-3H3,(H2,10,11). The first-order valence-electron chi connectivity index (χ1n) is 4.46. The summed E-state index contributed by atoms with van der Waals surface area (Å²) in [6.07, 6.45) is 4.34. The van der Waals surface area contributed by atoms with Gasteiger partial charge in [0.1, 0.15) is 0 Å². The summed E-state index contributed by atoms with van der Waals surface area (Å²) in [6, 6.07) is 0.469. The first kappa shape index (κ1) is 9.10. The van der Waals surface area contributed by atoms with Gasteiger partial charge in [-0.05, 0) is 20.3 Å². The van der Waals surface area contributed by atoms with Crippen molar-refractivity contribution in [3.05, 3.63) is 11.9 Å². The van der Waals surface area contributed by atoms with E-state index in [1.54, 1.807) is 0 Å². The Morgan fingerprint density at radius 1 is 1.67 bits per heavy atom. The fourth-order valence-electron chi connectivity index (χ4n) is 1.44. The van der Waals surface area contributed by atoms with Gasteiger partial charge in [-0.3, -0.25) is 0 Å². The molecular formula is C9H17N3. The maximum absolute atomic E-state index is 5.72. The third kappa shape index (κ3) is 1.78. The van der Waals surface area contributed by atoms with Crippen molar-refractivity contribution in [3.8, 4) is 0 Å². The molecule has 0 aliphatic rings. The molecule has 1 unspecified atom stereocenters. The van der Waals surface area contributed by atoms with Crippen LogP contribution in [0.4, 0.5) is 5.95 Å². The molecule has 0 saturated heterocycles. The van der Waals surface area contributed by atoms with Crippen LogP contribution in [0.1, 0.15) is 38.4 Å². The van der Waals surface area contributed by atoms with E-state index in [4.69, 9.17) is 5.73 Å². The normalized spacial score (nSPS) is 13.2. The maximum atomic E-state index is 5.72. The summed E-state index contributed by atoms with van der Waals surface area (Å²) in [7, 11) is 0. The van der Waals surface area contributed by atoms with Crippen LogP contribution in [0.25, 0.3) is 0 Å². The number of rotatable bonds is 3. The first-order valence-corrected chi connectivity index (χ1v) is 4.46. The van der Waals surface area contributed by atoms with Crippen molar-refractivity contribution in [2.75, 3.05) is 5.73 Å². The van der Waals surface area contributed by atoms with Gasteiger partial charge in [0.15, 0.2) is 0 Å². The Morgan fingerprint density at radius 2 is 2.33 bits per heavy atom. The van der Waals surface area contributed by atoms with E-state index in [0.717, 1.165) is 12.1 Å². The van der Waals surface area contributed by atoms with E-state index in [0.29, 0.717) is 12.0 Å². The van der Waals surface area contributed by atoms with Gasteiger partial charge in [-0.1, -0.05) is 13.3 Å². The minimum absolute atomic E-state index is 0.469. The smallest absolute Gasteiger partial charge is 0.200 e. The van der Waals surface area contributed by atoms with Crippen LogP contribution < -0.4 is 5.73 Å². The van der Waals surface area contributed by atoms with Crippen LogP contribution >= 0.6 is 0 Å². The third-order valence-electron chi connectivity index (χ3n) is 2.06. The molecule has 1 rings (SSSR count). The van der Waals surface area contributed by atoms with Crippen molar-refractivity contribution in [1.82, 2.24) is 9.55 Å². The lowest BCUT2D eigenvalue weighted by Crippen LogP contribution is -2.07. The predicted octanol–water partition coefficient (Wildman–Crippen LogP) is 2.13. The number of nitrogen functional groups attached to an aromatic ring is 1. The second kappa shape index (κ2) is 3.61. The Kier molecular flexibility index (Phi) is 2.74. The van der Waals surface area contributed by atoms with Crippen LogP contribution in [-0.4, -0.2) is 9.55 Å². The van der Waals surface area contributed by atoms with Gasteiger partial charge in [-0.2, -0.15) is 0 Å². The Labute approximate surface area is 73.6 Å². The van der Waals surface area contributed by atoms with Gasteiger partial charge in [0, 0.05) is 12.2 Å². The monoisotopic (exact) mass is 167 g/mol. The van der Waals surface area contributed by atoms with E-state index in [9.17, 15) is 0 Å². The molecule has 0 aliphatic carbocycles. The van der Waals surface area contributed by atoms with Crippen LogP contribution in [0.3, 0.4) is 0 Å². The molecule has 1 heterocycles. The lowest BCUT2D eigenvalue weighted by atomic mass is 10.2. The van der Waals surface area contributed by atoms with E-state index >= 15 is 0 Å². The Hall–Kier alpha value is -0.990. The summed E-state index contributed by atoms with van der Waals surface area (Å²) in [4.78, 5) is 4.16.